The van der Waals surface area contributed by atoms with Crippen LogP contribution in [0.4, 0.5) is 10.1 Å². The SMILES string of the molecule is Cc1c(CN2CCSCC2)cccc1NC(=O)c1ccc(F)cc1I. The van der Waals surface area contributed by atoms with Gasteiger partial charge in [-0.1, -0.05) is 12.1 Å². The van der Waals surface area contributed by atoms with Gasteiger partial charge in [0.15, 0.2) is 0 Å². The van der Waals surface area contributed by atoms with E-state index in [0.29, 0.717) is 9.13 Å². The lowest BCUT2D eigenvalue weighted by atomic mass is 10.1. The van der Waals surface area contributed by atoms with Gasteiger partial charge < -0.3 is 5.32 Å². The number of nitrogens with one attached hydrogen (secondary N) is 1. The van der Waals surface area contributed by atoms with Gasteiger partial charge in [0.25, 0.3) is 5.91 Å². The second-order valence-electron chi connectivity index (χ2n) is 6.06. The molecule has 0 saturated carbocycles. The zero-order chi connectivity index (χ0) is 17.8. The maximum Gasteiger partial charge on any atom is 0.256 e. The fraction of sp³-hybridized carbons (Fsp3) is 0.316. The maximum atomic E-state index is 13.2. The van der Waals surface area contributed by atoms with Gasteiger partial charge in [0.1, 0.15) is 5.82 Å². The Morgan fingerprint density at radius 1 is 1.28 bits per heavy atom. The van der Waals surface area contributed by atoms with Gasteiger partial charge in [-0.25, -0.2) is 4.39 Å². The third-order valence-corrected chi connectivity index (χ3v) is 6.20. The van der Waals surface area contributed by atoms with E-state index >= 15 is 0 Å². The van der Waals surface area contributed by atoms with Crippen LogP contribution in [-0.2, 0) is 6.54 Å². The lowest BCUT2D eigenvalue weighted by Crippen LogP contribution is -2.32. The van der Waals surface area contributed by atoms with Crippen molar-refractivity contribution in [3.05, 3.63) is 62.5 Å². The van der Waals surface area contributed by atoms with Crippen LogP contribution in [-0.4, -0.2) is 35.4 Å². The summed E-state index contributed by atoms with van der Waals surface area (Å²) in [7, 11) is 0. The first-order valence-electron chi connectivity index (χ1n) is 8.19. The maximum absolute atomic E-state index is 13.2. The summed E-state index contributed by atoms with van der Waals surface area (Å²) in [5, 5.41) is 2.98. The molecule has 1 N–H and O–H groups in total. The molecule has 3 nitrogen and oxygen atoms in total. The van der Waals surface area contributed by atoms with Crippen LogP contribution in [0.2, 0.25) is 0 Å². The number of hydrogen-bond donors (Lipinski definition) is 1. The average molecular weight is 470 g/mol. The number of nitrogens with zero attached hydrogens (tertiary/aromatic N) is 1. The lowest BCUT2D eigenvalue weighted by Gasteiger charge is -2.27. The van der Waals surface area contributed by atoms with E-state index in [4.69, 9.17) is 0 Å². The number of benzene rings is 2. The van der Waals surface area contributed by atoms with E-state index in [9.17, 15) is 9.18 Å². The Bertz CT molecular complexity index is 778. The molecule has 2 aromatic rings. The van der Waals surface area contributed by atoms with Gasteiger partial charge in [-0.15, -0.1) is 0 Å². The standard InChI is InChI=1S/C19H20FIN2OS/c1-13-14(12-23-7-9-25-10-8-23)3-2-4-18(13)22-19(24)16-6-5-15(20)11-17(16)21/h2-6,11H,7-10,12H2,1H3,(H,22,24). The molecule has 1 fully saturated rings. The molecule has 0 aliphatic carbocycles. The number of carbonyl (C=O) groups is 1. The molecule has 6 heteroatoms. The van der Waals surface area contributed by atoms with Crippen molar-refractivity contribution in [1.29, 1.82) is 0 Å². The Hall–Kier alpha value is -1.12. The number of carbonyl (C=O) groups excluding carboxylic acids is 1. The predicted octanol–water partition coefficient (Wildman–Crippen LogP) is 4.54. The number of thioether (sulfide) groups is 1. The number of halogens is 2. The molecule has 25 heavy (non-hydrogen) atoms. The van der Waals surface area contributed by atoms with Gasteiger partial charge in [0.2, 0.25) is 0 Å². The van der Waals surface area contributed by atoms with Gasteiger partial charge in [0.05, 0.1) is 5.56 Å². The number of anilines is 1. The van der Waals surface area contributed by atoms with Crippen molar-refractivity contribution in [2.75, 3.05) is 29.9 Å². The molecule has 2 aromatic carbocycles. The van der Waals surface area contributed by atoms with Gasteiger partial charge in [-0.05, 0) is 64.9 Å². The summed E-state index contributed by atoms with van der Waals surface area (Å²) in [4.78, 5) is 15.0. The Kier molecular flexibility index (Phi) is 6.35. The monoisotopic (exact) mass is 470 g/mol. The van der Waals surface area contributed by atoms with Crippen LogP contribution in [0.1, 0.15) is 21.5 Å². The predicted molar refractivity (Wildman–Crippen MR) is 111 cm³/mol. The molecule has 0 unspecified atom stereocenters. The van der Waals surface area contributed by atoms with Crippen molar-refractivity contribution >= 4 is 45.9 Å². The number of amides is 1. The molecular weight excluding hydrogens is 450 g/mol. The van der Waals surface area contributed by atoms with Crippen LogP contribution in [0.25, 0.3) is 0 Å². The number of hydrogen-bond acceptors (Lipinski definition) is 3. The molecule has 0 atom stereocenters. The molecule has 1 amide bonds. The van der Waals surface area contributed by atoms with E-state index in [0.717, 1.165) is 30.9 Å². The highest BCUT2D eigenvalue weighted by Gasteiger charge is 2.15. The highest BCUT2D eigenvalue weighted by atomic mass is 127. The summed E-state index contributed by atoms with van der Waals surface area (Å²) in [6.07, 6.45) is 0. The Morgan fingerprint density at radius 3 is 2.76 bits per heavy atom. The Balaban J connectivity index is 1.76. The van der Waals surface area contributed by atoms with Crippen molar-refractivity contribution in [2.24, 2.45) is 0 Å². The van der Waals surface area contributed by atoms with Gasteiger partial charge in [0, 0.05) is 40.4 Å². The smallest absolute Gasteiger partial charge is 0.256 e. The third kappa shape index (κ3) is 4.74. The van der Waals surface area contributed by atoms with Crippen molar-refractivity contribution in [3.63, 3.8) is 0 Å². The van der Waals surface area contributed by atoms with Crippen molar-refractivity contribution in [2.45, 2.75) is 13.5 Å². The summed E-state index contributed by atoms with van der Waals surface area (Å²) in [6.45, 7) is 5.16. The molecule has 0 spiro atoms. The van der Waals surface area contributed by atoms with Crippen LogP contribution < -0.4 is 5.32 Å². The van der Waals surface area contributed by atoms with Crippen LogP contribution in [0.15, 0.2) is 36.4 Å². The summed E-state index contributed by atoms with van der Waals surface area (Å²) in [5.41, 5.74) is 3.62. The zero-order valence-electron chi connectivity index (χ0n) is 14.0. The minimum Gasteiger partial charge on any atom is -0.322 e. The van der Waals surface area contributed by atoms with E-state index in [1.54, 1.807) is 0 Å². The van der Waals surface area contributed by atoms with Crippen LogP contribution in [0, 0.1) is 16.3 Å². The van der Waals surface area contributed by atoms with Gasteiger partial charge >= 0.3 is 0 Å². The Morgan fingerprint density at radius 2 is 2.04 bits per heavy atom. The minimum atomic E-state index is -0.334. The van der Waals surface area contributed by atoms with E-state index in [2.05, 4.69) is 16.3 Å². The quantitative estimate of drug-likeness (QED) is 0.667. The fourth-order valence-electron chi connectivity index (χ4n) is 2.85. The fourth-order valence-corrected chi connectivity index (χ4v) is 4.55. The molecular formula is C19H20FIN2OS. The molecule has 132 valence electrons. The van der Waals surface area contributed by atoms with Gasteiger partial charge in [-0.3, -0.25) is 9.69 Å². The summed E-state index contributed by atoms with van der Waals surface area (Å²) in [5.74, 6) is 1.81. The summed E-state index contributed by atoms with van der Waals surface area (Å²) in [6, 6.07) is 10.2. The molecule has 0 bridgehead atoms. The molecule has 0 aromatic heterocycles. The lowest BCUT2D eigenvalue weighted by molar-refractivity contribution is 0.102. The second-order valence-corrected chi connectivity index (χ2v) is 8.44. The molecule has 1 aliphatic heterocycles. The van der Waals surface area contributed by atoms with E-state index in [1.165, 1.54) is 35.3 Å². The largest absolute Gasteiger partial charge is 0.322 e. The molecule has 3 rings (SSSR count). The van der Waals surface area contributed by atoms with E-state index in [-0.39, 0.29) is 11.7 Å². The highest BCUT2D eigenvalue weighted by molar-refractivity contribution is 14.1. The Labute approximate surface area is 165 Å². The van der Waals surface area contributed by atoms with Crippen LogP contribution in [0.5, 0.6) is 0 Å². The van der Waals surface area contributed by atoms with Crippen LogP contribution >= 0.6 is 34.4 Å². The summed E-state index contributed by atoms with van der Waals surface area (Å²) >= 11 is 3.99. The normalized spacial score (nSPS) is 15.2. The van der Waals surface area contributed by atoms with Gasteiger partial charge in [-0.2, -0.15) is 11.8 Å². The average Bonchev–Trinajstić information content (AvgIpc) is 2.59. The van der Waals surface area contributed by atoms with Crippen molar-refractivity contribution in [1.82, 2.24) is 4.90 Å². The summed E-state index contributed by atoms with van der Waals surface area (Å²) < 4.78 is 13.8. The topological polar surface area (TPSA) is 32.3 Å². The second kappa shape index (κ2) is 8.51. The highest BCUT2D eigenvalue weighted by Crippen LogP contribution is 2.23. The molecule has 1 aliphatic rings. The molecule has 1 saturated heterocycles. The van der Waals surface area contributed by atoms with E-state index in [1.807, 2.05) is 53.4 Å². The van der Waals surface area contributed by atoms with Crippen molar-refractivity contribution in [3.8, 4) is 0 Å². The first-order chi connectivity index (χ1) is 12.0. The van der Waals surface area contributed by atoms with Crippen LogP contribution in [0.3, 0.4) is 0 Å². The zero-order valence-corrected chi connectivity index (χ0v) is 17.0. The molecule has 1 heterocycles. The van der Waals surface area contributed by atoms with Crippen molar-refractivity contribution < 1.29 is 9.18 Å². The first-order valence-corrected chi connectivity index (χ1v) is 10.4. The minimum absolute atomic E-state index is 0.209. The van der Waals surface area contributed by atoms with E-state index < -0.39 is 0 Å². The molecule has 0 radical (unpaired) electrons. The number of rotatable bonds is 4. The first kappa shape index (κ1) is 18.7. The third-order valence-electron chi connectivity index (χ3n) is 4.37.